The number of hydrogen-bond acceptors (Lipinski definition) is 3. The number of alkyl carbamates (subject to hydrolysis) is 1. The predicted molar refractivity (Wildman–Crippen MR) is 82.8 cm³/mol. The van der Waals surface area contributed by atoms with Gasteiger partial charge < -0.3 is 15.8 Å². The second-order valence-corrected chi connectivity index (χ2v) is 4.89. The van der Waals surface area contributed by atoms with Gasteiger partial charge in [0.25, 0.3) is 0 Å². The van der Waals surface area contributed by atoms with Crippen LogP contribution in [0.5, 0.6) is 0 Å². The van der Waals surface area contributed by atoms with Gasteiger partial charge in [-0.15, -0.1) is 0 Å². The Morgan fingerprint density at radius 1 is 1.00 bits per heavy atom. The Balaban J connectivity index is 1.66. The lowest BCUT2D eigenvalue weighted by Crippen LogP contribution is -2.38. The third kappa shape index (κ3) is 5.67. The number of carbonyl (C=O) groups excluding carboxylic acids is 1. The molecule has 4 heteroatoms. The van der Waals surface area contributed by atoms with Crippen molar-refractivity contribution in [1.29, 1.82) is 0 Å². The van der Waals surface area contributed by atoms with Crippen LogP contribution >= 0.6 is 0 Å². The van der Waals surface area contributed by atoms with Crippen LogP contribution in [0.1, 0.15) is 11.1 Å². The second-order valence-electron chi connectivity index (χ2n) is 4.89. The minimum atomic E-state index is -0.442. The molecule has 2 aromatic rings. The summed E-state index contributed by atoms with van der Waals surface area (Å²) in [6, 6.07) is 19.4. The van der Waals surface area contributed by atoms with E-state index in [9.17, 15) is 4.79 Å². The van der Waals surface area contributed by atoms with Crippen LogP contribution in [-0.2, 0) is 17.8 Å². The molecule has 110 valence electrons. The van der Waals surface area contributed by atoms with E-state index in [0.717, 1.165) is 17.5 Å². The first-order chi connectivity index (χ1) is 10.2. The summed E-state index contributed by atoms with van der Waals surface area (Å²) in [7, 11) is 0. The van der Waals surface area contributed by atoms with Crippen LogP contribution in [0.2, 0.25) is 0 Å². The summed E-state index contributed by atoms with van der Waals surface area (Å²) in [5, 5.41) is 2.69. The molecule has 0 aliphatic heterocycles. The molecule has 1 atom stereocenters. The van der Waals surface area contributed by atoms with E-state index < -0.39 is 6.09 Å². The standard InChI is InChI=1S/C17H20N2O2/c18-16(11-14-7-3-1-4-8-14)12-19-17(20)21-13-15-9-5-2-6-10-15/h1-10,16H,11-13,18H2,(H,19,20)/t16-/m1/s1. The molecule has 0 unspecified atom stereocenters. The number of carbonyl (C=O) groups is 1. The van der Waals surface area contributed by atoms with Gasteiger partial charge in [-0.1, -0.05) is 60.7 Å². The molecule has 4 nitrogen and oxygen atoms in total. The van der Waals surface area contributed by atoms with Gasteiger partial charge in [0.1, 0.15) is 6.61 Å². The van der Waals surface area contributed by atoms with E-state index in [1.807, 2.05) is 60.7 Å². The number of nitrogens with two attached hydrogens (primary N) is 1. The van der Waals surface area contributed by atoms with E-state index in [0.29, 0.717) is 6.54 Å². The number of ether oxygens (including phenoxy) is 1. The molecule has 0 spiro atoms. The smallest absolute Gasteiger partial charge is 0.407 e. The Bertz CT molecular complexity index is 543. The minimum Gasteiger partial charge on any atom is -0.445 e. The molecule has 2 aromatic carbocycles. The summed E-state index contributed by atoms with van der Waals surface area (Å²) in [5.41, 5.74) is 8.11. The zero-order chi connectivity index (χ0) is 14.9. The Kier molecular flexibility index (Phi) is 5.79. The minimum absolute atomic E-state index is 0.128. The van der Waals surface area contributed by atoms with Crippen LogP contribution in [-0.4, -0.2) is 18.7 Å². The first-order valence-corrected chi connectivity index (χ1v) is 6.98. The van der Waals surface area contributed by atoms with Crippen molar-refractivity contribution < 1.29 is 9.53 Å². The Morgan fingerprint density at radius 3 is 2.19 bits per heavy atom. The molecule has 21 heavy (non-hydrogen) atoms. The summed E-state index contributed by atoms with van der Waals surface area (Å²) in [6.45, 7) is 0.656. The fourth-order valence-electron chi connectivity index (χ4n) is 1.98. The predicted octanol–water partition coefficient (Wildman–Crippen LogP) is 2.48. The van der Waals surface area contributed by atoms with E-state index in [1.165, 1.54) is 0 Å². The van der Waals surface area contributed by atoms with Gasteiger partial charge in [-0.25, -0.2) is 4.79 Å². The fourth-order valence-corrected chi connectivity index (χ4v) is 1.98. The molecule has 0 saturated carbocycles. The van der Waals surface area contributed by atoms with Crippen LogP contribution in [0.15, 0.2) is 60.7 Å². The molecule has 0 heterocycles. The highest BCUT2D eigenvalue weighted by Crippen LogP contribution is 2.02. The lowest BCUT2D eigenvalue weighted by atomic mass is 10.1. The van der Waals surface area contributed by atoms with Crippen LogP contribution in [0.4, 0.5) is 4.79 Å². The molecule has 0 aliphatic rings. The van der Waals surface area contributed by atoms with Crippen LogP contribution in [0.25, 0.3) is 0 Å². The quantitative estimate of drug-likeness (QED) is 0.856. The molecule has 1 amide bonds. The Morgan fingerprint density at radius 2 is 1.57 bits per heavy atom. The Hall–Kier alpha value is -2.33. The molecular weight excluding hydrogens is 264 g/mol. The highest BCUT2D eigenvalue weighted by Gasteiger charge is 2.07. The van der Waals surface area contributed by atoms with Gasteiger partial charge in [0, 0.05) is 12.6 Å². The zero-order valence-electron chi connectivity index (χ0n) is 11.9. The number of amides is 1. The maximum Gasteiger partial charge on any atom is 0.407 e. The largest absolute Gasteiger partial charge is 0.445 e. The van der Waals surface area contributed by atoms with Crippen molar-refractivity contribution in [3.63, 3.8) is 0 Å². The monoisotopic (exact) mass is 284 g/mol. The van der Waals surface area contributed by atoms with Crippen LogP contribution in [0, 0.1) is 0 Å². The SMILES string of the molecule is N[C@@H](CNC(=O)OCc1ccccc1)Cc1ccccc1. The average Bonchev–Trinajstić information content (AvgIpc) is 2.53. The van der Waals surface area contributed by atoms with Gasteiger partial charge in [0.15, 0.2) is 0 Å². The first-order valence-electron chi connectivity index (χ1n) is 6.98. The van der Waals surface area contributed by atoms with Crippen molar-refractivity contribution in [1.82, 2.24) is 5.32 Å². The lowest BCUT2D eigenvalue weighted by Gasteiger charge is -2.13. The van der Waals surface area contributed by atoms with E-state index >= 15 is 0 Å². The van der Waals surface area contributed by atoms with Gasteiger partial charge in [0.05, 0.1) is 0 Å². The van der Waals surface area contributed by atoms with E-state index in [4.69, 9.17) is 10.5 Å². The molecule has 0 aromatic heterocycles. The summed E-state index contributed by atoms with van der Waals surface area (Å²) in [5.74, 6) is 0. The lowest BCUT2D eigenvalue weighted by molar-refractivity contribution is 0.139. The van der Waals surface area contributed by atoms with Crippen molar-refractivity contribution in [2.75, 3.05) is 6.54 Å². The second kappa shape index (κ2) is 8.07. The number of hydrogen-bond donors (Lipinski definition) is 2. The van der Waals surface area contributed by atoms with Crippen molar-refractivity contribution in [2.45, 2.75) is 19.1 Å². The molecule has 0 aliphatic carbocycles. The van der Waals surface area contributed by atoms with E-state index in [-0.39, 0.29) is 12.6 Å². The zero-order valence-corrected chi connectivity index (χ0v) is 11.9. The summed E-state index contributed by atoms with van der Waals surface area (Å²) in [4.78, 5) is 11.6. The molecular formula is C17H20N2O2. The number of benzene rings is 2. The molecule has 0 fully saturated rings. The molecule has 0 saturated heterocycles. The fraction of sp³-hybridized carbons (Fsp3) is 0.235. The summed E-state index contributed by atoms with van der Waals surface area (Å²) >= 11 is 0. The summed E-state index contributed by atoms with van der Waals surface area (Å²) < 4.78 is 5.12. The van der Waals surface area contributed by atoms with Crippen molar-refractivity contribution in [3.05, 3.63) is 71.8 Å². The van der Waals surface area contributed by atoms with Gasteiger partial charge in [-0.2, -0.15) is 0 Å². The first kappa shape index (κ1) is 15.1. The molecule has 3 N–H and O–H groups in total. The van der Waals surface area contributed by atoms with Crippen LogP contribution in [0.3, 0.4) is 0 Å². The van der Waals surface area contributed by atoms with Gasteiger partial charge in [-0.3, -0.25) is 0 Å². The topological polar surface area (TPSA) is 64.3 Å². The number of rotatable bonds is 6. The highest BCUT2D eigenvalue weighted by atomic mass is 16.5. The third-order valence-electron chi connectivity index (χ3n) is 3.06. The average molecular weight is 284 g/mol. The molecule has 0 bridgehead atoms. The maximum atomic E-state index is 11.6. The molecule has 2 rings (SSSR count). The van der Waals surface area contributed by atoms with E-state index in [1.54, 1.807) is 0 Å². The summed E-state index contributed by atoms with van der Waals surface area (Å²) in [6.07, 6.45) is 0.280. The van der Waals surface area contributed by atoms with Crippen LogP contribution < -0.4 is 11.1 Å². The van der Waals surface area contributed by atoms with Crippen molar-refractivity contribution in [2.24, 2.45) is 5.73 Å². The third-order valence-corrected chi connectivity index (χ3v) is 3.06. The maximum absolute atomic E-state index is 11.6. The van der Waals surface area contributed by atoms with Gasteiger partial charge in [0.2, 0.25) is 0 Å². The Labute approximate surface area is 124 Å². The normalized spacial score (nSPS) is 11.7. The van der Waals surface area contributed by atoms with Gasteiger partial charge in [-0.05, 0) is 17.5 Å². The van der Waals surface area contributed by atoms with E-state index in [2.05, 4.69) is 5.32 Å². The van der Waals surface area contributed by atoms with Crippen molar-refractivity contribution >= 4 is 6.09 Å². The highest BCUT2D eigenvalue weighted by molar-refractivity contribution is 5.67. The van der Waals surface area contributed by atoms with Gasteiger partial charge >= 0.3 is 6.09 Å². The molecule has 0 radical (unpaired) electrons. The van der Waals surface area contributed by atoms with Crippen molar-refractivity contribution in [3.8, 4) is 0 Å². The number of nitrogens with one attached hydrogen (secondary N) is 1.